The van der Waals surface area contributed by atoms with Crippen LogP contribution < -0.4 is 5.32 Å². The number of benzene rings is 1. The molecule has 3 heteroatoms. The van der Waals surface area contributed by atoms with Gasteiger partial charge in [0.05, 0.1) is 0 Å². The zero-order chi connectivity index (χ0) is 13.4. The van der Waals surface area contributed by atoms with Crippen LogP contribution in [0.1, 0.15) is 41.6 Å². The summed E-state index contributed by atoms with van der Waals surface area (Å²) >= 11 is 3.45. The van der Waals surface area contributed by atoms with Crippen molar-refractivity contribution in [2.75, 3.05) is 6.54 Å². The molecule has 1 aromatic rings. The summed E-state index contributed by atoms with van der Waals surface area (Å²) in [7, 11) is 0. The largest absolute Gasteiger partial charge is 0.352 e. The van der Waals surface area contributed by atoms with E-state index in [9.17, 15) is 4.79 Å². The third kappa shape index (κ3) is 2.86. The topological polar surface area (TPSA) is 29.1 Å². The number of carbonyl (C=O) groups excluding carboxylic acids is 1. The van der Waals surface area contributed by atoms with Crippen LogP contribution in [0, 0.1) is 24.7 Å². The molecule has 19 heavy (non-hydrogen) atoms. The third-order valence-electron chi connectivity index (χ3n) is 4.71. The Morgan fingerprint density at radius 2 is 2.16 bits per heavy atom. The van der Waals surface area contributed by atoms with Crippen molar-refractivity contribution in [3.8, 4) is 0 Å². The highest BCUT2D eigenvalue weighted by molar-refractivity contribution is 9.10. The van der Waals surface area contributed by atoms with Gasteiger partial charge in [0.15, 0.2) is 0 Å². The van der Waals surface area contributed by atoms with Crippen LogP contribution in [0.2, 0.25) is 0 Å². The molecule has 2 bridgehead atoms. The quantitative estimate of drug-likeness (QED) is 0.898. The molecule has 1 aromatic carbocycles. The summed E-state index contributed by atoms with van der Waals surface area (Å²) in [6.45, 7) is 2.86. The molecule has 0 radical (unpaired) electrons. The minimum atomic E-state index is 0.0622. The van der Waals surface area contributed by atoms with E-state index in [1.807, 2.05) is 25.1 Å². The van der Waals surface area contributed by atoms with Gasteiger partial charge >= 0.3 is 0 Å². The molecule has 0 spiro atoms. The Kier molecular flexibility index (Phi) is 3.66. The minimum absolute atomic E-state index is 0.0622. The van der Waals surface area contributed by atoms with Crippen LogP contribution in [0.3, 0.4) is 0 Å². The SMILES string of the molecule is Cc1cc(Br)cc(C(=O)NCC2CC3CCC2C3)c1. The predicted octanol–water partition coefficient (Wildman–Crippen LogP) is 3.92. The highest BCUT2D eigenvalue weighted by Crippen LogP contribution is 2.47. The van der Waals surface area contributed by atoms with Crippen molar-refractivity contribution in [1.29, 1.82) is 0 Å². The highest BCUT2D eigenvalue weighted by Gasteiger charge is 2.39. The normalized spacial score (nSPS) is 28.6. The molecule has 0 heterocycles. The number of fused-ring (bicyclic) bond motifs is 2. The maximum Gasteiger partial charge on any atom is 0.251 e. The molecule has 3 unspecified atom stereocenters. The van der Waals surface area contributed by atoms with Crippen LogP contribution in [0.25, 0.3) is 0 Å². The lowest BCUT2D eigenvalue weighted by atomic mass is 9.89. The number of nitrogens with one attached hydrogen (secondary N) is 1. The Balaban J connectivity index is 1.59. The van der Waals surface area contributed by atoms with Gasteiger partial charge in [-0.3, -0.25) is 4.79 Å². The maximum atomic E-state index is 12.2. The summed E-state index contributed by atoms with van der Waals surface area (Å²) in [5, 5.41) is 3.12. The first-order valence-corrected chi connectivity index (χ1v) is 7.96. The molecule has 1 N–H and O–H groups in total. The fourth-order valence-electron chi connectivity index (χ4n) is 3.82. The van der Waals surface area contributed by atoms with Gasteiger partial charge in [-0.25, -0.2) is 0 Å². The minimum Gasteiger partial charge on any atom is -0.352 e. The molecule has 1 amide bonds. The summed E-state index contributed by atoms with van der Waals surface area (Å²) in [5.74, 6) is 2.60. The second kappa shape index (κ2) is 5.28. The van der Waals surface area contributed by atoms with E-state index in [2.05, 4.69) is 21.2 Å². The number of amides is 1. The van der Waals surface area contributed by atoms with Crippen molar-refractivity contribution in [3.05, 3.63) is 33.8 Å². The number of rotatable bonds is 3. The van der Waals surface area contributed by atoms with Gasteiger partial charge in [-0.15, -0.1) is 0 Å². The molecule has 2 fully saturated rings. The van der Waals surface area contributed by atoms with E-state index < -0.39 is 0 Å². The fourth-order valence-corrected chi connectivity index (χ4v) is 4.43. The van der Waals surface area contributed by atoms with Gasteiger partial charge in [0.2, 0.25) is 0 Å². The Hall–Kier alpha value is -0.830. The number of carbonyl (C=O) groups is 1. The van der Waals surface area contributed by atoms with Crippen LogP contribution in [-0.4, -0.2) is 12.5 Å². The van der Waals surface area contributed by atoms with Gasteiger partial charge in [0, 0.05) is 16.6 Å². The molecule has 2 nitrogen and oxygen atoms in total. The van der Waals surface area contributed by atoms with Crippen molar-refractivity contribution in [2.24, 2.45) is 17.8 Å². The standard InChI is InChI=1S/C16H20BrNO/c1-10-4-13(8-15(17)5-10)16(19)18-9-14-7-11-2-3-12(14)6-11/h4-5,8,11-12,14H,2-3,6-7,9H2,1H3,(H,18,19). The first-order chi connectivity index (χ1) is 9.11. The number of hydrogen-bond acceptors (Lipinski definition) is 1. The third-order valence-corrected chi connectivity index (χ3v) is 5.17. The van der Waals surface area contributed by atoms with Crippen molar-refractivity contribution in [1.82, 2.24) is 5.32 Å². The molecule has 0 saturated heterocycles. The van der Waals surface area contributed by atoms with Gasteiger partial charge in [-0.05, 0) is 67.7 Å². The molecule has 2 saturated carbocycles. The Bertz CT molecular complexity index is 479. The van der Waals surface area contributed by atoms with E-state index in [1.54, 1.807) is 0 Å². The molecular formula is C16H20BrNO. The van der Waals surface area contributed by atoms with E-state index in [0.29, 0.717) is 0 Å². The van der Waals surface area contributed by atoms with E-state index in [1.165, 1.54) is 25.7 Å². The van der Waals surface area contributed by atoms with Crippen LogP contribution >= 0.6 is 15.9 Å². The number of aryl methyl sites for hydroxylation is 1. The van der Waals surface area contributed by atoms with Crippen molar-refractivity contribution < 1.29 is 4.79 Å². The van der Waals surface area contributed by atoms with Gasteiger partial charge in [0.1, 0.15) is 0 Å². The molecule has 0 aromatic heterocycles. The van der Waals surface area contributed by atoms with Gasteiger partial charge in [0.25, 0.3) is 5.91 Å². The second-order valence-electron chi connectivity index (χ2n) is 6.16. The second-order valence-corrected chi connectivity index (χ2v) is 7.08. The van der Waals surface area contributed by atoms with Gasteiger partial charge < -0.3 is 5.32 Å². The smallest absolute Gasteiger partial charge is 0.251 e. The Labute approximate surface area is 123 Å². The molecule has 3 atom stereocenters. The first-order valence-electron chi connectivity index (χ1n) is 7.17. The summed E-state index contributed by atoms with van der Waals surface area (Å²) < 4.78 is 0.970. The van der Waals surface area contributed by atoms with Gasteiger partial charge in [-0.2, -0.15) is 0 Å². The maximum absolute atomic E-state index is 12.2. The molecule has 2 aliphatic carbocycles. The van der Waals surface area contributed by atoms with E-state index in [4.69, 9.17) is 0 Å². The fraction of sp³-hybridized carbons (Fsp3) is 0.562. The summed E-state index contributed by atoms with van der Waals surface area (Å²) in [4.78, 5) is 12.2. The van der Waals surface area contributed by atoms with Crippen LogP contribution in [0.4, 0.5) is 0 Å². The lowest BCUT2D eigenvalue weighted by Gasteiger charge is -2.21. The van der Waals surface area contributed by atoms with Crippen LogP contribution in [0.15, 0.2) is 22.7 Å². The average Bonchev–Trinajstić information content (AvgIpc) is 2.96. The first kappa shape index (κ1) is 13.2. The average molecular weight is 322 g/mol. The van der Waals surface area contributed by atoms with Gasteiger partial charge in [-0.1, -0.05) is 22.4 Å². The molecule has 2 aliphatic rings. The lowest BCUT2D eigenvalue weighted by Crippen LogP contribution is -2.31. The Morgan fingerprint density at radius 1 is 1.32 bits per heavy atom. The summed E-state index contributed by atoms with van der Waals surface area (Å²) in [5.41, 5.74) is 1.87. The van der Waals surface area contributed by atoms with E-state index >= 15 is 0 Å². The van der Waals surface area contributed by atoms with Crippen molar-refractivity contribution in [3.63, 3.8) is 0 Å². The Morgan fingerprint density at radius 3 is 2.79 bits per heavy atom. The number of hydrogen-bond donors (Lipinski definition) is 1. The molecule has 0 aliphatic heterocycles. The van der Waals surface area contributed by atoms with Crippen LogP contribution in [-0.2, 0) is 0 Å². The zero-order valence-electron chi connectivity index (χ0n) is 11.3. The molecular weight excluding hydrogens is 302 g/mol. The lowest BCUT2D eigenvalue weighted by molar-refractivity contribution is 0.0941. The zero-order valence-corrected chi connectivity index (χ0v) is 12.9. The molecule has 3 rings (SSSR count). The summed E-state index contributed by atoms with van der Waals surface area (Å²) in [6, 6.07) is 5.86. The summed E-state index contributed by atoms with van der Waals surface area (Å²) in [6.07, 6.45) is 5.51. The predicted molar refractivity (Wildman–Crippen MR) is 80.2 cm³/mol. The van der Waals surface area contributed by atoms with Crippen LogP contribution in [0.5, 0.6) is 0 Å². The highest BCUT2D eigenvalue weighted by atomic mass is 79.9. The number of halogens is 1. The van der Waals surface area contributed by atoms with E-state index in [-0.39, 0.29) is 5.91 Å². The van der Waals surface area contributed by atoms with Crippen molar-refractivity contribution in [2.45, 2.75) is 32.6 Å². The monoisotopic (exact) mass is 321 g/mol. The van der Waals surface area contributed by atoms with E-state index in [0.717, 1.165) is 39.9 Å². The molecule has 102 valence electrons. The van der Waals surface area contributed by atoms with Crippen molar-refractivity contribution >= 4 is 21.8 Å².